The molecule has 3 aromatic heterocycles. The van der Waals surface area contributed by atoms with E-state index in [0.29, 0.717) is 0 Å². The van der Waals surface area contributed by atoms with E-state index in [0.717, 1.165) is 44.3 Å². The third kappa shape index (κ3) is 2.53. The third-order valence-electron chi connectivity index (χ3n) is 5.38. The first kappa shape index (κ1) is 16.5. The zero-order chi connectivity index (χ0) is 19.3. The fourth-order valence-corrected chi connectivity index (χ4v) is 3.78. The van der Waals surface area contributed by atoms with Crippen molar-refractivity contribution in [3.05, 3.63) is 82.3 Å². The van der Waals surface area contributed by atoms with Crippen molar-refractivity contribution in [2.45, 2.75) is 12.8 Å². The van der Waals surface area contributed by atoms with Crippen molar-refractivity contribution in [2.75, 3.05) is 0 Å². The van der Waals surface area contributed by atoms with Gasteiger partial charge in [-0.15, -0.1) is 0 Å². The average Bonchev–Trinajstić information content (AvgIpc) is 3.31. The molecular weight excluding hydrogens is 350 g/mol. The molecule has 0 aliphatic rings. The SMILES string of the molecule is CC(c1ccccc1)c1cc2cc3c(-c4ccnn4C)n[nH]c3cc2[nH]c1=O. The van der Waals surface area contributed by atoms with Crippen LogP contribution in [0.2, 0.25) is 0 Å². The lowest BCUT2D eigenvalue weighted by molar-refractivity contribution is 0.773. The second-order valence-corrected chi connectivity index (χ2v) is 7.08. The normalized spacial score (nSPS) is 12.6. The predicted octanol–water partition coefficient (Wildman–Crippen LogP) is 3.96. The fraction of sp³-hybridized carbons (Fsp3) is 0.136. The molecule has 0 radical (unpaired) electrons. The zero-order valence-electron chi connectivity index (χ0n) is 15.6. The van der Waals surface area contributed by atoms with Crippen LogP contribution >= 0.6 is 0 Å². The summed E-state index contributed by atoms with van der Waals surface area (Å²) in [4.78, 5) is 15.8. The summed E-state index contributed by atoms with van der Waals surface area (Å²) in [5, 5.41) is 13.8. The molecular formula is C22H19N5O. The minimum absolute atomic E-state index is 0.00550. The van der Waals surface area contributed by atoms with E-state index >= 15 is 0 Å². The smallest absolute Gasteiger partial charge is 0.252 e. The van der Waals surface area contributed by atoms with Gasteiger partial charge in [0.2, 0.25) is 0 Å². The molecule has 0 fully saturated rings. The number of hydrogen-bond acceptors (Lipinski definition) is 3. The molecule has 0 saturated heterocycles. The minimum atomic E-state index is -0.0606. The van der Waals surface area contributed by atoms with Crippen molar-refractivity contribution >= 4 is 21.8 Å². The molecule has 0 bridgehead atoms. The van der Waals surface area contributed by atoms with E-state index in [1.165, 1.54) is 0 Å². The van der Waals surface area contributed by atoms with Crippen molar-refractivity contribution in [3.63, 3.8) is 0 Å². The molecule has 1 unspecified atom stereocenters. The molecule has 0 amide bonds. The first-order chi connectivity index (χ1) is 13.6. The van der Waals surface area contributed by atoms with Gasteiger partial charge in [0.05, 0.1) is 16.7 Å². The van der Waals surface area contributed by atoms with Gasteiger partial charge in [-0.1, -0.05) is 37.3 Å². The van der Waals surface area contributed by atoms with Gasteiger partial charge in [-0.2, -0.15) is 10.2 Å². The van der Waals surface area contributed by atoms with Crippen molar-refractivity contribution in [1.82, 2.24) is 25.0 Å². The minimum Gasteiger partial charge on any atom is -0.322 e. The molecule has 5 rings (SSSR count). The second kappa shape index (κ2) is 6.20. The van der Waals surface area contributed by atoms with E-state index in [2.05, 4.69) is 33.3 Å². The predicted molar refractivity (Wildman–Crippen MR) is 110 cm³/mol. The van der Waals surface area contributed by atoms with Crippen LogP contribution in [0.15, 0.2) is 65.6 Å². The van der Waals surface area contributed by atoms with E-state index in [-0.39, 0.29) is 11.5 Å². The van der Waals surface area contributed by atoms with E-state index in [9.17, 15) is 4.79 Å². The number of benzene rings is 2. The molecule has 0 spiro atoms. The van der Waals surface area contributed by atoms with Crippen LogP contribution in [0, 0.1) is 0 Å². The Morgan fingerprint density at radius 1 is 1.04 bits per heavy atom. The lowest BCUT2D eigenvalue weighted by Gasteiger charge is -2.12. The fourth-order valence-electron chi connectivity index (χ4n) is 3.78. The quantitative estimate of drug-likeness (QED) is 0.505. The Balaban J connectivity index is 1.71. The summed E-state index contributed by atoms with van der Waals surface area (Å²) in [7, 11) is 1.90. The lowest BCUT2D eigenvalue weighted by atomic mass is 9.93. The summed E-state index contributed by atoms with van der Waals surface area (Å²) in [5.74, 6) is 0.00550. The molecule has 138 valence electrons. The van der Waals surface area contributed by atoms with Gasteiger partial charge in [0, 0.05) is 30.1 Å². The maximum absolute atomic E-state index is 12.7. The first-order valence-corrected chi connectivity index (χ1v) is 9.20. The van der Waals surface area contributed by atoms with E-state index in [1.807, 2.05) is 55.6 Å². The van der Waals surface area contributed by atoms with Crippen LogP contribution in [0.4, 0.5) is 0 Å². The number of hydrogen-bond donors (Lipinski definition) is 2. The number of aryl methyl sites for hydroxylation is 1. The molecule has 28 heavy (non-hydrogen) atoms. The summed E-state index contributed by atoms with van der Waals surface area (Å²) < 4.78 is 1.80. The van der Waals surface area contributed by atoms with Gasteiger partial charge in [-0.25, -0.2) is 0 Å². The Kier molecular flexibility index (Phi) is 3.65. The number of pyridine rings is 1. The molecule has 0 aliphatic heterocycles. The number of aromatic nitrogens is 5. The Labute approximate surface area is 160 Å². The van der Waals surface area contributed by atoms with Crippen molar-refractivity contribution in [1.29, 1.82) is 0 Å². The molecule has 2 aromatic carbocycles. The maximum Gasteiger partial charge on any atom is 0.252 e. The highest BCUT2D eigenvalue weighted by molar-refractivity contribution is 6.01. The summed E-state index contributed by atoms with van der Waals surface area (Å²) in [6.45, 7) is 2.06. The van der Waals surface area contributed by atoms with Crippen LogP contribution in [0.3, 0.4) is 0 Å². The Hall–Kier alpha value is -3.67. The molecule has 0 aliphatic carbocycles. The molecule has 2 N–H and O–H groups in total. The highest BCUT2D eigenvalue weighted by Crippen LogP contribution is 2.30. The van der Waals surface area contributed by atoms with Gasteiger partial charge in [0.15, 0.2) is 0 Å². The van der Waals surface area contributed by atoms with Gasteiger partial charge >= 0.3 is 0 Å². The Morgan fingerprint density at radius 2 is 1.86 bits per heavy atom. The van der Waals surface area contributed by atoms with Crippen LogP contribution in [0.5, 0.6) is 0 Å². The number of fused-ring (bicyclic) bond motifs is 2. The summed E-state index contributed by atoms with van der Waals surface area (Å²) in [6.07, 6.45) is 1.76. The van der Waals surface area contributed by atoms with Gasteiger partial charge < -0.3 is 4.98 Å². The zero-order valence-corrected chi connectivity index (χ0v) is 15.6. The van der Waals surface area contributed by atoms with E-state index in [1.54, 1.807) is 10.9 Å². The van der Waals surface area contributed by atoms with Crippen LogP contribution in [0.25, 0.3) is 33.2 Å². The number of H-pyrrole nitrogens is 2. The summed E-state index contributed by atoms with van der Waals surface area (Å²) in [6, 6.07) is 18.0. The first-order valence-electron chi connectivity index (χ1n) is 9.20. The molecule has 3 heterocycles. The number of aromatic amines is 2. The maximum atomic E-state index is 12.7. The average molecular weight is 369 g/mol. The Bertz CT molecular complexity index is 1360. The van der Waals surface area contributed by atoms with Crippen LogP contribution in [0.1, 0.15) is 24.0 Å². The van der Waals surface area contributed by atoms with E-state index < -0.39 is 0 Å². The number of nitrogens with zero attached hydrogens (tertiary/aromatic N) is 3. The topological polar surface area (TPSA) is 79.4 Å². The van der Waals surface area contributed by atoms with Crippen LogP contribution < -0.4 is 5.56 Å². The Morgan fingerprint density at radius 3 is 2.61 bits per heavy atom. The van der Waals surface area contributed by atoms with Crippen molar-refractivity contribution < 1.29 is 0 Å². The second-order valence-electron chi connectivity index (χ2n) is 7.08. The molecule has 5 aromatic rings. The van der Waals surface area contributed by atoms with Crippen molar-refractivity contribution in [3.8, 4) is 11.4 Å². The summed E-state index contributed by atoms with van der Waals surface area (Å²) >= 11 is 0. The standard InChI is InChI=1S/C22H19N5O/c1-13(14-6-4-3-5-7-14)16-10-15-11-17-19(12-18(15)24-22(16)28)25-26-21(17)20-8-9-23-27(20)2/h3-13H,1-2H3,(H,24,28)(H,25,26). The lowest BCUT2D eigenvalue weighted by Crippen LogP contribution is -2.15. The molecule has 0 saturated carbocycles. The molecule has 6 nitrogen and oxygen atoms in total. The monoisotopic (exact) mass is 369 g/mol. The van der Waals surface area contributed by atoms with Gasteiger partial charge in [-0.3, -0.25) is 14.6 Å². The van der Waals surface area contributed by atoms with Gasteiger partial charge in [0.25, 0.3) is 5.56 Å². The van der Waals surface area contributed by atoms with Crippen molar-refractivity contribution in [2.24, 2.45) is 7.05 Å². The van der Waals surface area contributed by atoms with Crippen LogP contribution in [-0.4, -0.2) is 25.0 Å². The molecule has 1 atom stereocenters. The number of nitrogens with one attached hydrogen (secondary N) is 2. The molecule has 6 heteroatoms. The highest BCUT2D eigenvalue weighted by Gasteiger charge is 2.16. The van der Waals surface area contributed by atoms with Crippen LogP contribution in [-0.2, 0) is 7.05 Å². The summed E-state index contributed by atoms with van der Waals surface area (Å²) in [5.41, 5.74) is 5.27. The highest BCUT2D eigenvalue weighted by atomic mass is 16.1. The third-order valence-corrected chi connectivity index (χ3v) is 5.38. The van der Waals surface area contributed by atoms with E-state index in [4.69, 9.17) is 0 Å². The largest absolute Gasteiger partial charge is 0.322 e. The van der Waals surface area contributed by atoms with Gasteiger partial charge in [0.1, 0.15) is 5.69 Å². The number of rotatable bonds is 3. The van der Waals surface area contributed by atoms with Gasteiger partial charge in [-0.05, 0) is 35.2 Å².